The Balaban J connectivity index is 2.77. The van der Waals surface area contributed by atoms with Gasteiger partial charge < -0.3 is 14.6 Å². The lowest BCUT2D eigenvalue weighted by molar-refractivity contribution is -0.144. The van der Waals surface area contributed by atoms with Crippen molar-refractivity contribution in [3.8, 4) is 6.07 Å². The Morgan fingerprint density at radius 3 is 2.48 bits per heavy atom. The van der Waals surface area contributed by atoms with Crippen LogP contribution in [0.1, 0.15) is 57.5 Å². The molecule has 3 amide bonds. The molecule has 158 valence electrons. The molecule has 0 radical (unpaired) electrons. The Kier molecular flexibility index (Phi) is 8.64. The lowest BCUT2D eigenvalue weighted by Crippen LogP contribution is -2.49. The molecular formula is C21H30N4O4. The number of hydrogen-bond donors (Lipinski definition) is 2. The van der Waals surface area contributed by atoms with Crippen LogP contribution in [0.4, 0.5) is 4.79 Å². The Hall–Kier alpha value is -3.08. The van der Waals surface area contributed by atoms with Gasteiger partial charge in [-0.2, -0.15) is 5.26 Å². The zero-order valence-electron chi connectivity index (χ0n) is 18.0. The van der Waals surface area contributed by atoms with E-state index in [1.54, 1.807) is 20.8 Å². The fourth-order valence-corrected chi connectivity index (χ4v) is 2.67. The Morgan fingerprint density at radius 1 is 1.28 bits per heavy atom. The average molecular weight is 402 g/mol. The summed E-state index contributed by atoms with van der Waals surface area (Å²) in [5.74, 6) is -1.70. The largest absolute Gasteiger partial charge is 0.451 e. The van der Waals surface area contributed by atoms with E-state index in [4.69, 9.17) is 4.74 Å². The number of esters is 1. The third-order valence-electron chi connectivity index (χ3n) is 4.06. The predicted molar refractivity (Wildman–Crippen MR) is 110 cm³/mol. The molecule has 0 bridgehead atoms. The van der Waals surface area contributed by atoms with Gasteiger partial charge in [0.05, 0.1) is 0 Å². The lowest BCUT2D eigenvalue weighted by atomic mass is 10.1. The Bertz CT molecular complexity index is 838. The van der Waals surface area contributed by atoms with Crippen LogP contribution in [0.2, 0.25) is 0 Å². The zero-order valence-corrected chi connectivity index (χ0v) is 18.0. The molecule has 0 aromatic carbocycles. The molecule has 8 heteroatoms. The van der Waals surface area contributed by atoms with Crippen LogP contribution in [0.5, 0.6) is 0 Å². The molecule has 1 rings (SSSR count). The summed E-state index contributed by atoms with van der Waals surface area (Å²) in [5, 5.41) is 13.9. The van der Waals surface area contributed by atoms with Crippen molar-refractivity contribution >= 4 is 24.0 Å². The van der Waals surface area contributed by atoms with E-state index in [2.05, 4.69) is 22.1 Å². The number of urea groups is 1. The van der Waals surface area contributed by atoms with Gasteiger partial charge in [-0.25, -0.2) is 9.59 Å². The summed E-state index contributed by atoms with van der Waals surface area (Å²) in [6.45, 7) is 11.5. The monoisotopic (exact) mass is 402 g/mol. The molecule has 0 saturated heterocycles. The van der Waals surface area contributed by atoms with Crippen molar-refractivity contribution < 1.29 is 19.1 Å². The highest BCUT2D eigenvalue weighted by atomic mass is 16.5. The van der Waals surface area contributed by atoms with Crippen LogP contribution in [0.15, 0.2) is 11.6 Å². The number of carbonyl (C=O) groups is 3. The van der Waals surface area contributed by atoms with Crippen LogP contribution in [0, 0.1) is 25.2 Å². The lowest BCUT2D eigenvalue weighted by Gasteiger charge is -2.20. The van der Waals surface area contributed by atoms with E-state index in [0.29, 0.717) is 0 Å². The standard InChI is InChI=1S/C21H30N4O4/c1-7-8-9-25-14(2)10-16(15(25)3)11-17(12-22)19(27)29-13-18(26)23-20(28)24-21(4,5)6/h10-11H,7-9,13H2,1-6H3,(H2,23,24,26,28)/b17-11+. The Labute approximate surface area is 171 Å². The van der Waals surface area contributed by atoms with Gasteiger partial charge in [0.25, 0.3) is 5.91 Å². The number of aryl methyl sites for hydroxylation is 1. The van der Waals surface area contributed by atoms with Gasteiger partial charge in [-0.15, -0.1) is 0 Å². The number of rotatable bonds is 7. The summed E-state index contributed by atoms with van der Waals surface area (Å²) < 4.78 is 7.01. The van der Waals surface area contributed by atoms with Crippen LogP contribution >= 0.6 is 0 Å². The second-order valence-electron chi connectivity index (χ2n) is 7.83. The molecule has 0 spiro atoms. The molecule has 0 aliphatic carbocycles. The first-order valence-corrected chi connectivity index (χ1v) is 9.56. The van der Waals surface area contributed by atoms with E-state index in [9.17, 15) is 19.6 Å². The minimum absolute atomic E-state index is 0.215. The van der Waals surface area contributed by atoms with Crippen LogP contribution < -0.4 is 10.6 Å². The Morgan fingerprint density at radius 2 is 1.93 bits per heavy atom. The van der Waals surface area contributed by atoms with Crippen molar-refractivity contribution in [2.45, 2.75) is 66.5 Å². The quantitative estimate of drug-likeness (QED) is 0.413. The van der Waals surface area contributed by atoms with Crippen molar-refractivity contribution in [3.05, 3.63) is 28.6 Å². The SMILES string of the molecule is CCCCn1c(C)cc(/C=C(\C#N)C(=O)OCC(=O)NC(=O)NC(C)(C)C)c1C. The number of hydrogen-bond acceptors (Lipinski definition) is 5. The van der Waals surface area contributed by atoms with E-state index in [-0.39, 0.29) is 5.57 Å². The van der Waals surface area contributed by atoms with Gasteiger partial charge >= 0.3 is 12.0 Å². The van der Waals surface area contributed by atoms with E-state index >= 15 is 0 Å². The second kappa shape index (κ2) is 10.5. The molecule has 0 aliphatic heterocycles. The number of ether oxygens (including phenoxy) is 1. The fourth-order valence-electron chi connectivity index (χ4n) is 2.67. The van der Waals surface area contributed by atoms with E-state index < -0.39 is 30.1 Å². The third kappa shape index (κ3) is 7.82. The van der Waals surface area contributed by atoms with Gasteiger partial charge in [-0.3, -0.25) is 10.1 Å². The molecule has 1 heterocycles. The van der Waals surface area contributed by atoms with E-state index in [1.165, 1.54) is 6.08 Å². The number of nitrogens with zero attached hydrogens (tertiary/aromatic N) is 2. The molecule has 0 saturated carbocycles. The van der Waals surface area contributed by atoms with Crippen molar-refractivity contribution in [3.63, 3.8) is 0 Å². The van der Waals surface area contributed by atoms with Gasteiger partial charge in [-0.05, 0) is 58.7 Å². The maximum absolute atomic E-state index is 12.2. The molecule has 0 fully saturated rings. The minimum atomic E-state index is -0.919. The van der Waals surface area contributed by atoms with E-state index in [1.807, 2.05) is 26.0 Å². The maximum Gasteiger partial charge on any atom is 0.349 e. The molecule has 1 aromatic rings. The van der Waals surface area contributed by atoms with Crippen LogP contribution in [0.25, 0.3) is 6.08 Å². The fraction of sp³-hybridized carbons (Fsp3) is 0.524. The number of nitrogens with one attached hydrogen (secondary N) is 2. The first kappa shape index (κ1) is 24.0. The van der Waals surface area contributed by atoms with Crippen LogP contribution in [0.3, 0.4) is 0 Å². The molecule has 0 aliphatic rings. The molecule has 8 nitrogen and oxygen atoms in total. The predicted octanol–water partition coefficient (Wildman–Crippen LogP) is 2.98. The molecule has 2 N–H and O–H groups in total. The highest BCUT2D eigenvalue weighted by Crippen LogP contribution is 2.19. The highest BCUT2D eigenvalue weighted by Gasteiger charge is 2.18. The topological polar surface area (TPSA) is 113 Å². The second-order valence-corrected chi connectivity index (χ2v) is 7.83. The summed E-state index contributed by atoms with van der Waals surface area (Å²) >= 11 is 0. The molecule has 0 atom stereocenters. The van der Waals surface area contributed by atoms with Gasteiger partial charge in [-0.1, -0.05) is 13.3 Å². The molecule has 0 unspecified atom stereocenters. The zero-order chi connectivity index (χ0) is 22.2. The normalized spacial score (nSPS) is 11.6. The van der Waals surface area contributed by atoms with Crippen LogP contribution in [-0.2, 0) is 20.9 Å². The maximum atomic E-state index is 12.2. The van der Waals surface area contributed by atoms with Gasteiger partial charge in [0.15, 0.2) is 6.61 Å². The van der Waals surface area contributed by atoms with Gasteiger partial charge in [0, 0.05) is 23.5 Å². The summed E-state index contributed by atoms with van der Waals surface area (Å²) in [6.07, 6.45) is 3.55. The van der Waals surface area contributed by atoms with Crippen molar-refractivity contribution in [1.82, 2.24) is 15.2 Å². The molecule has 1 aromatic heterocycles. The van der Waals surface area contributed by atoms with Crippen LogP contribution in [-0.4, -0.2) is 34.6 Å². The average Bonchev–Trinajstić information content (AvgIpc) is 2.87. The number of unbranched alkanes of at least 4 members (excludes halogenated alkanes) is 1. The smallest absolute Gasteiger partial charge is 0.349 e. The van der Waals surface area contributed by atoms with Crippen molar-refractivity contribution in [2.24, 2.45) is 0 Å². The molecule has 29 heavy (non-hydrogen) atoms. The summed E-state index contributed by atoms with van der Waals surface area (Å²) in [5.41, 5.74) is 2.01. The first-order valence-electron chi connectivity index (χ1n) is 9.56. The number of nitriles is 1. The van der Waals surface area contributed by atoms with Crippen molar-refractivity contribution in [1.29, 1.82) is 5.26 Å². The summed E-state index contributed by atoms with van der Waals surface area (Å²) in [4.78, 5) is 35.6. The first-order chi connectivity index (χ1) is 13.5. The molecular weight excluding hydrogens is 372 g/mol. The number of carbonyl (C=O) groups excluding carboxylic acids is 3. The highest BCUT2D eigenvalue weighted by molar-refractivity contribution is 6.00. The number of amides is 3. The van der Waals surface area contributed by atoms with Gasteiger partial charge in [0.1, 0.15) is 11.6 Å². The number of imide groups is 1. The number of aromatic nitrogens is 1. The van der Waals surface area contributed by atoms with E-state index in [0.717, 1.165) is 36.3 Å². The van der Waals surface area contributed by atoms with Crippen molar-refractivity contribution in [2.75, 3.05) is 6.61 Å². The minimum Gasteiger partial charge on any atom is -0.451 e. The summed E-state index contributed by atoms with van der Waals surface area (Å²) in [7, 11) is 0. The third-order valence-corrected chi connectivity index (χ3v) is 4.06. The van der Waals surface area contributed by atoms with Gasteiger partial charge in [0.2, 0.25) is 0 Å². The summed E-state index contributed by atoms with van der Waals surface area (Å²) in [6, 6.07) is 3.03.